The maximum Gasteiger partial charge on any atom is 0.330 e. The summed E-state index contributed by atoms with van der Waals surface area (Å²) in [6, 6.07) is 44.3. The lowest BCUT2D eigenvalue weighted by Gasteiger charge is -2.39. The number of rotatable bonds is 9. The maximum atomic E-state index is 11.3. The third kappa shape index (κ3) is 6.63. The number of carbonyl (C=O) groups is 1. The zero-order chi connectivity index (χ0) is 31.2. The third-order valence-electron chi connectivity index (χ3n) is 9.43. The fourth-order valence-corrected chi connectivity index (χ4v) is 6.66. The van der Waals surface area contributed by atoms with Crippen LogP contribution in [0.25, 0.3) is 22.3 Å². The van der Waals surface area contributed by atoms with E-state index < -0.39 is 5.97 Å². The molecule has 0 N–H and O–H groups in total. The van der Waals surface area contributed by atoms with Gasteiger partial charge in [-0.2, -0.15) is 0 Å². The van der Waals surface area contributed by atoms with Crippen LogP contribution < -0.4 is 4.90 Å². The highest BCUT2D eigenvalue weighted by molar-refractivity contribution is 5.81. The molecule has 45 heavy (non-hydrogen) atoms. The molecule has 3 nitrogen and oxygen atoms in total. The second-order valence-corrected chi connectivity index (χ2v) is 12.2. The van der Waals surface area contributed by atoms with Crippen molar-refractivity contribution in [1.29, 1.82) is 0 Å². The van der Waals surface area contributed by atoms with Crippen molar-refractivity contribution in [2.75, 3.05) is 11.9 Å². The van der Waals surface area contributed by atoms with E-state index in [9.17, 15) is 4.79 Å². The molecule has 0 heterocycles. The lowest BCUT2D eigenvalue weighted by molar-refractivity contribution is -0.138. The number of anilines is 2. The molecule has 3 heteroatoms. The fraction of sp³-hybridized carbons (Fsp3) is 0.214. The summed E-state index contributed by atoms with van der Waals surface area (Å²) in [6.45, 7) is 5.81. The zero-order valence-electron chi connectivity index (χ0n) is 26.3. The number of hydrogen-bond acceptors (Lipinski definition) is 3. The van der Waals surface area contributed by atoms with Gasteiger partial charge in [-0.15, -0.1) is 0 Å². The average Bonchev–Trinajstić information content (AvgIpc) is 3.11. The SMILES string of the molecule is C=CC(=O)OCc1ccc(N(C)c2ccc(-c3ccc(C4(c5ccc(-c6ccc(C)cc6)cc5)CCCCC4)cc3)cc2)cc1. The van der Waals surface area contributed by atoms with E-state index in [0.29, 0.717) is 0 Å². The van der Waals surface area contributed by atoms with Crippen LogP contribution >= 0.6 is 0 Å². The van der Waals surface area contributed by atoms with Crippen LogP contribution in [0.4, 0.5) is 11.4 Å². The Kier molecular flexibility index (Phi) is 8.98. The molecule has 6 rings (SSSR count). The molecule has 0 bridgehead atoms. The largest absolute Gasteiger partial charge is 0.458 e. The summed E-state index contributed by atoms with van der Waals surface area (Å²) in [5, 5.41) is 0. The molecule has 0 aromatic heterocycles. The van der Waals surface area contributed by atoms with Crippen molar-refractivity contribution < 1.29 is 9.53 Å². The molecule has 5 aromatic rings. The Morgan fingerprint density at radius 2 is 1.09 bits per heavy atom. The van der Waals surface area contributed by atoms with E-state index in [4.69, 9.17) is 4.74 Å². The Balaban J connectivity index is 1.18. The van der Waals surface area contributed by atoms with Gasteiger partial charge in [0.2, 0.25) is 0 Å². The zero-order valence-corrected chi connectivity index (χ0v) is 26.3. The van der Waals surface area contributed by atoms with Gasteiger partial charge in [0.1, 0.15) is 6.61 Å². The first-order chi connectivity index (χ1) is 21.9. The van der Waals surface area contributed by atoms with E-state index in [1.807, 2.05) is 24.3 Å². The number of benzene rings is 5. The van der Waals surface area contributed by atoms with Crippen molar-refractivity contribution in [1.82, 2.24) is 0 Å². The molecule has 0 atom stereocenters. The van der Waals surface area contributed by atoms with Gasteiger partial charge in [0, 0.05) is 29.9 Å². The van der Waals surface area contributed by atoms with E-state index in [2.05, 4.69) is 123 Å². The number of carbonyl (C=O) groups excluding carboxylic acids is 1. The fourth-order valence-electron chi connectivity index (χ4n) is 6.66. The van der Waals surface area contributed by atoms with Crippen LogP contribution in [0.5, 0.6) is 0 Å². The third-order valence-corrected chi connectivity index (χ3v) is 9.43. The van der Waals surface area contributed by atoms with Crippen LogP contribution in [-0.2, 0) is 21.6 Å². The summed E-state index contributed by atoms with van der Waals surface area (Å²) >= 11 is 0. The van der Waals surface area contributed by atoms with Gasteiger partial charge in [0.25, 0.3) is 0 Å². The van der Waals surface area contributed by atoms with Crippen LogP contribution in [0, 0.1) is 6.92 Å². The van der Waals surface area contributed by atoms with E-state index in [-0.39, 0.29) is 12.0 Å². The molecule has 5 aromatic carbocycles. The van der Waals surface area contributed by atoms with Gasteiger partial charge in [0.05, 0.1) is 0 Å². The van der Waals surface area contributed by atoms with Gasteiger partial charge < -0.3 is 9.64 Å². The van der Waals surface area contributed by atoms with E-state index in [1.165, 1.54) is 77.1 Å². The number of nitrogens with zero attached hydrogens (tertiary/aromatic N) is 1. The van der Waals surface area contributed by atoms with Crippen molar-refractivity contribution in [2.24, 2.45) is 0 Å². The minimum atomic E-state index is -0.414. The van der Waals surface area contributed by atoms with E-state index >= 15 is 0 Å². The maximum absolute atomic E-state index is 11.3. The molecular weight excluding hydrogens is 550 g/mol. The summed E-state index contributed by atoms with van der Waals surface area (Å²) in [7, 11) is 2.06. The highest BCUT2D eigenvalue weighted by Crippen LogP contribution is 2.45. The highest BCUT2D eigenvalue weighted by Gasteiger charge is 2.35. The number of esters is 1. The molecule has 0 radical (unpaired) electrons. The molecule has 1 aliphatic carbocycles. The van der Waals surface area contributed by atoms with Gasteiger partial charge in [-0.05, 0) is 83.0 Å². The monoisotopic (exact) mass is 591 g/mol. The highest BCUT2D eigenvalue weighted by atomic mass is 16.5. The molecule has 0 spiro atoms. The molecule has 1 aliphatic rings. The lowest BCUT2D eigenvalue weighted by Crippen LogP contribution is -2.30. The second-order valence-electron chi connectivity index (χ2n) is 12.2. The van der Waals surface area contributed by atoms with Crippen molar-refractivity contribution in [3.8, 4) is 22.3 Å². The minimum Gasteiger partial charge on any atom is -0.458 e. The first-order valence-electron chi connectivity index (χ1n) is 16.0. The van der Waals surface area contributed by atoms with Crippen LogP contribution in [0.15, 0.2) is 134 Å². The van der Waals surface area contributed by atoms with Crippen molar-refractivity contribution >= 4 is 17.3 Å². The van der Waals surface area contributed by atoms with Crippen molar-refractivity contribution in [3.05, 3.63) is 156 Å². The number of hydrogen-bond donors (Lipinski definition) is 0. The van der Waals surface area contributed by atoms with Crippen molar-refractivity contribution in [2.45, 2.75) is 51.0 Å². The predicted octanol–water partition coefficient (Wildman–Crippen LogP) is 10.6. The summed E-state index contributed by atoms with van der Waals surface area (Å²) in [4.78, 5) is 13.5. The smallest absolute Gasteiger partial charge is 0.330 e. The van der Waals surface area contributed by atoms with Gasteiger partial charge in [-0.25, -0.2) is 4.79 Å². The molecule has 1 fully saturated rings. The molecule has 1 saturated carbocycles. The second kappa shape index (κ2) is 13.4. The summed E-state index contributed by atoms with van der Waals surface area (Å²) in [5.41, 5.74) is 12.3. The van der Waals surface area contributed by atoms with Crippen LogP contribution in [0.3, 0.4) is 0 Å². The van der Waals surface area contributed by atoms with Crippen LogP contribution in [0.1, 0.15) is 54.4 Å². The molecule has 226 valence electrons. The van der Waals surface area contributed by atoms with Crippen LogP contribution in [0.2, 0.25) is 0 Å². The number of ether oxygens (including phenoxy) is 1. The predicted molar refractivity (Wildman–Crippen MR) is 187 cm³/mol. The minimum absolute atomic E-state index is 0.0675. The Hall–Kier alpha value is -4.89. The standard InChI is InChI=1S/C42H41NO2/c1-4-41(44)45-30-32-10-24-39(25-11-32)43(3)40-26-18-36(19-27-40)35-16-22-38(23-17-35)42(28-6-5-7-29-42)37-20-14-34(15-21-37)33-12-8-31(2)9-13-33/h4,8-27H,1,5-7,28-30H2,2-3H3. The Morgan fingerprint density at radius 1 is 0.667 bits per heavy atom. The number of aryl methyl sites for hydroxylation is 1. The first kappa shape index (κ1) is 30.1. The first-order valence-corrected chi connectivity index (χ1v) is 16.0. The van der Waals surface area contributed by atoms with E-state index in [1.54, 1.807) is 0 Å². The molecule has 0 unspecified atom stereocenters. The summed E-state index contributed by atoms with van der Waals surface area (Å²) in [6.07, 6.45) is 7.41. The van der Waals surface area contributed by atoms with Gasteiger partial charge >= 0.3 is 5.97 Å². The molecule has 0 aliphatic heterocycles. The normalized spacial score (nSPS) is 14.0. The quantitative estimate of drug-likeness (QED) is 0.126. The topological polar surface area (TPSA) is 29.5 Å². The Bertz CT molecular complexity index is 1730. The van der Waals surface area contributed by atoms with Crippen LogP contribution in [-0.4, -0.2) is 13.0 Å². The summed E-state index contributed by atoms with van der Waals surface area (Å²) in [5.74, 6) is -0.414. The van der Waals surface area contributed by atoms with Gasteiger partial charge in [-0.3, -0.25) is 0 Å². The molecule has 0 saturated heterocycles. The van der Waals surface area contributed by atoms with Gasteiger partial charge in [0.15, 0.2) is 0 Å². The Labute approximate surface area is 267 Å². The average molecular weight is 592 g/mol. The summed E-state index contributed by atoms with van der Waals surface area (Å²) < 4.78 is 5.14. The van der Waals surface area contributed by atoms with Gasteiger partial charge in [-0.1, -0.05) is 128 Å². The van der Waals surface area contributed by atoms with Crippen molar-refractivity contribution in [3.63, 3.8) is 0 Å². The molecule has 0 amide bonds. The molecular formula is C42H41NO2. The Morgan fingerprint density at radius 3 is 1.56 bits per heavy atom. The lowest BCUT2D eigenvalue weighted by atomic mass is 9.65. The van der Waals surface area contributed by atoms with E-state index in [0.717, 1.165) is 16.9 Å².